The van der Waals surface area contributed by atoms with Crippen LogP contribution >= 0.6 is 0 Å². The van der Waals surface area contributed by atoms with Crippen LogP contribution in [0.3, 0.4) is 0 Å². The molecular weight excluding hydrogens is 357 g/mol. The SMILES string of the molecule is O=C(NCCc1ccc(C(F)(F)F)cc1)[C@@H]1CCCN(c2ncccn2)C1. The number of carbonyl (C=O) groups is 1. The Bertz CT molecular complexity index is 750. The lowest BCUT2D eigenvalue weighted by Gasteiger charge is -2.31. The van der Waals surface area contributed by atoms with E-state index in [1.807, 2.05) is 4.90 Å². The Kier molecular flexibility index (Phi) is 5.93. The number of alkyl halides is 3. The maximum absolute atomic E-state index is 12.6. The number of amides is 1. The van der Waals surface area contributed by atoms with Crippen molar-refractivity contribution in [1.29, 1.82) is 0 Å². The maximum atomic E-state index is 12.6. The molecule has 3 rings (SSSR count). The van der Waals surface area contributed by atoms with Crippen LogP contribution in [0.15, 0.2) is 42.7 Å². The molecule has 5 nitrogen and oxygen atoms in total. The topological polar surface area (TPSA) is 58.1 Å². The van der Waals surface area contributed by atoms with Crippen molar-refractivity contribution in [2.24, 2.45) is 5.92 Å². The number of nitrogens with one attached hydrogen (secondary N) is 1. The number of benzene rings is 1. The van der Waals surface area contributed by atoms with E-state index in [0.717, 1.165) is 37.1 Å². The minimum atomic E-state index is -4.33. The number of nitrogens with zero attached hydrogens (tertiary/aromatic N) is 3. The van der Waals surface area contributed by atoms with Crippen molar-refractivity contribution in [3.63, 3.8) is 0 Å². The second-order valence-electron chi connectivity index (χ2n) is 6.57. The molecule has 27 heavy (non-hydrogen) atoms. The molecule has 8 heteroatoms. The van der Waals surface area contributed by atoms with Gasteiger partial charge in [0.15, 0.2) is 0 Å². The van der Waals surface area contributed by atoms with Gasteiger partial charge in [0.25, 0.3) is 0 Å². The zero-order valence-electron chi connectivity index (χ0n) is 14.7. The largest absolute Gasteiger partial charge is 0.416 e. The molecule has 144 valence electrons. The summed E-state index contributed by atoms with van der Waals surface area (Å²) in [4.78, 5) is 22.9. The lowest BCUT2D eigenvalue weighted by atomic mass is 9.97. The highest BCUT2D eigenvalue weighted by molar-refractivity contribution is 5.79. The molecular formula is C19H21F3N4O. The first-order valence-corrected chi connectivity index (χ1v) is 8.89. The molecule has 1 N–H and O–H groups in total. The van der Waals surface area contributed by atoms with Gasteiger partial charge in [0.05, 0.1) is 11.5 Å². The van der Waals surface area contributed by atoms with E-state index in [1.165, 1.54) is 12.1 Å². The van der Waals surface area contributed by atoms with Gasteiger partial charge in [-0.05, 0) is 43.0 Å². The molecule has 1 aliphatic heterocycles. The molecule has 1 atom stereocenters. The van der Waals surface area contributed by atoms with Gasteiger partial charge in [-0.15, -0.1) is 0 Å². The van der Waals surface area contributed by atoms with E-state index in [9.17, 15) is 18.0 Å². The second-order valence-corrected chi connectivity index (χ2v) is 6.57. The summed E-state index contributed by atoms with van der Waals surface area (Å²) >= 11 is 0. The number of carbonyl (C=O) groups excluding carboxylic acids is 1. The fraction of sp³-hybridized carbons (Fsp3) is 0.421. The van der Waals surface area contributed by atoms with Crippen LogP contribution in [0, 0.1) is 5.92 Å². The van der Waals surface area contributed by atoms with Crippen LogP contribution in [0.4, 0.5) is 19.1 Å². The third-order valence-electron chi connectivity index (χ3n) is 4.62. The van der Waals surface area contributed by atoms with E-state index in [0.29, 0.717) is 25.5 Å². The third kappa shape index (κ3) is 5.18. The monoisotopic (exact) mass is 378 g/mol. The van der Waals surface area contributed by atoms with Crippen LogP contribution in [0.1, 0.15) is 24.0 Å². The zero-order chi connectivity index (χ0) is 19.3. The molecule has 0 radical (unpaired) electrons. The van der Waals surface area contributed by atoms with Crippen molar-refractivity contribution in [3.8, 4) is 0 Å². The van der Waals surface area contributed by atoms with Crippen molar-refractivity contribution in [2.45, 2.75) is 25.4 Å². The number of aromatic nitrogens is 2. The average Bonchev–Trinajstić information content (AvgIpc) is 2.68. The summed E-state index contributed by atoms with van der Waals surface area (Å²) in [6.45, 7) is 1.78. The van der Waals surface area contributed by atoms with Crippen molar-refractivity contribution in [2.75, 3.05) is 24.5 Å². The summed E-state index contributed by atoms with van der Waals surface area (Å²) in [5.74, 6) is 0.442. The molecule has 0 spiro atoms. The Hall–Kier alpha value is -2.64. The normalized spacial score (nSPS) is 17.6. The zero-order valence-corrected chi connectivity index (χ0v) is 14.7. The fourth-order valence-corrected chi connectivity index (χ4v) is 3.16. The number of piperidine rings is 1. The number of rotatable bonds is 5. The molecule has 2 aromatic rings. The molecule has 1 aliphatic rings. The summed E-state index contributed by atoms with van der Waals surface area (Å²) in [5, 5.41) is 2.89. The van der Waals surface area contributed by atoms with Gasteiger partial charge in [-0.2, -0.15) is 13.2 Å². The van der Waals surface area contributed by atoms with Gasteiger partial charge in [0.2, 0.25) is 11.9 Å². The third-order valence-corrected chi connectivity index (χ3v) is 4.62. The van der Waals surface area contributed by atoms with E-state index in [-0.39, 0.29) is 11.8 Å². The number of hydrogen-bond donors (Lipinski definition) is 1. The molecule has 0 saturated carbocycles. The van der Waals surface area contributed by atoms with Crippen molar-refractivity contribution < 1.29 is 18.0 Å². The predicted octanol–water partition coefficient (Wildman–Crippen LogP) is 3.07. The molecule has 1 fully saturated rings. The molecule has 0 unspecified atom stereocenters. The van der Waals surface area contributed by atoms with E-state index >= 15 is 0 Å². The van der Waals surface area contributed by atoms with Crippen LogP contribution in [-0.4, -0.2) is 35.5 Å². The fourth-order valence-electron chi connectivity index (χ4n) is 3.16. The minimum Gasteiger partial charge on any atom is -0.355 e. The first-order chi connectivity index (χ1) is 12.9. The summed E-state index contributed by atoms with van der Waals surface area (Å²) in [5.41, 5.74) is 0.0898. The van der Waals surface area contributed by atoms with Crippen LogP contribution < -0.4 is 10.2 Å². The van der Waals surface area contributed by atoms with Gasteiger partial charge >= 0.3 is 6.18 Å². The van der Waals surface area contributed by atoms with Gasteiger partial charge in [-0.25, -0.2) is 9.97 Å². The molecule has 0 bridgehead atoms. The van der Waals surface area contributed by atoms with Crippen LogP contribution in [0.5, 0.6) is 0 Å². The predicted molar refractivity (Wildman–Crippen MR) is 95.1 cm³/mol. The van der Waals surface area contributed by atoms with Gasteiger partial charge in [-0.3, -0.25) is 4.79 Å². The Balaban J connectivity index is 1.47. The smallest absolute Gasteiger partial charge is 0.355 e. The Morgan fingerprint density at radius 2 is 1.89 bits per heavy atom. The standard InChI is InChI=1S/C19H21F3N4O/c20-19(21,22)16-6-4-14(5-7-16)8-11-23-17(27)15-3-1-12-26(13-15)18-24-9-2-10-25-18/h2,4-7,9-10,15H,1,3,8,11-13H2,(H,23,27)/t15-/m1/s1. The molecule has 0 aliphatic carbocycles. The van der Waals surface area contributed by atoms with E-state index < -0.39 is 11.7 Å². The summed E-state index contributed by atoms with van der Waals surface area (Å²) in [6.07, 6.45) is 1.20. The van der Waals surface area contributed by atoms with E-state index in [2.05, 4.69) is 15.3 Å². The molecule has 2 heterocycles. The van der Waals surface area contributed by atoms with Gasteiger partial charge in [0, 0.05) is 32.0 Å². The van der Waals surface area contributed by atoms with Crippen molar-refractivity contribution >= 4 is 11.9 Å². The lowest BCUT2D eigenvalue weighted by Crippen LogP contribution is -2.44. The van der Waals surface area contributed by atoms with Crippen LogP contribution in [-0.2, 0) is 17.4 Å². The van der Waals surface area contributed by atoms with Crippen molar-refractivity contribution in [3.05, 3.63) is 53.9 Å². The molecule has 1 saturated heterocycles. The minimum absolute atomic E-state index is 0.0393. The maximum Gasteiger partial charge on any atom is 0.416 e. The number of anilines is 1. The van der Waals surface area contributed by atoms with Crippen LogP contribution in [0.2, 0.25) is 0 Å². The van der Waals surface area contributed by atoms with Crippen molar-refractivity contribution in [1.82, 2.24) is 15.3 Å². The quantitative estimate of drug-likeness (QED) is 0.869. The average molecular weight is 378 g/mol. The summed E-state index contributed by atoms with van der Waals surface area (Å²) < 4.78 is 37.7. The highest BCUT2D eigenvalue weighted by Gasteiger charge is 2.30. The van der Waals surface area contributed by atoms with Gasteiger partial charge < -0.3 is 10.2 Å². The highest BCUT2D eigenvalue weighted by Crippen LogP contribution is 2.29. The number of hydrogen-bond acceptors (Lipinski definition) is 4. The highest BCUT2D eigenvalue weighted by atomic mass is 19.4. The van der Waals surface area contributed by atoms with E-state index in [1.54, 1.807) is 18.5 Å². The molecule has 1 amide bonds. The Labute approximate surface area is 155 Å². The lowest BCUT2D eigenvalue weighted by molar-refractivity contribution is -0.137. The molecule has 1 aromatic heterocycles. The molecule has 1 aromatic carbocycles. The number of halogens is 3. The van der Waals surface area contributed by atoms with Gasteiger partial charge in [-0.1, -0.05) is 12.1 Å². The van der Waals surface area contributed by atoms with Gasteiger partial charge in [0.1, 0.15) is 0 Å². The van der Waals surface area contributed by atoms with E-state index in [4.69, 9.17) is 0 Å². The van der Waals surface area contributed by atoms with Crippen LogP contribution in [0.25, 0.3) is 0 Å². The first-order valence-electron chi connectivity index (χ1n) is 8.89. The summed E-state index contributed by atoms with van der Waals surface area (Å²) in [6, 6.07) is 6.78. The Morgan fingerprint density at radius 3 is 2.56 bits per heavy atom. The summed E-state index contributed by atoms with van der Waals surface area (Å²) in [7, 11) is 0. The first kappa shape index (κ1) is 19.1. The Morgan fingerprint density at radius 1 is 1.19 bits per heavy atom. The second kappa shape index (κ2) is 8.37.